The van der Waals surface area contributed by atoms with E-state index in [1.165, 1.54) is 49.0 Å². The molecule has 4 saturated carbocycles. The number of carbonyl (C=O) groups excluding carboxylic acids is 2. The summed E-state index contributed by atoms with van der Waals surface area (Å²) in [4.78, 5) is 27.9. The van der Waals surface area contributed by atoms with Crippen molar-refractivity contribution >= 4 is 39.8 Å². The van der Waals surface area contributed by atoms with Crippen LogP contribution in [0, 0.1) is 17.8 Å². The van der Waals surface area contributed by atoms with Gasteiger partial charge in [0.15, 0.2) is 0 Å². The number of carbonyl (C=O) groups is 2. The topological polar surface area (TPSA) is 55.8 Å². The third kappa shape index (κ3) is 4.43. The molecule has 6 heteroatoms. The summed E-state index contributed by atoms with van der Waals surface area (Å²) in [7, 11) is 1.66. The molecule has 39 heavy (non-hydrogen) atoms. The molecule has 0 unspecified atom stereocenters. The maximum Gasteiger partial charge on any atom is 0.293 e. The van der Waals surface area contributed by atoms with Crippen LogP contribution in [0.2, 0.25) is 0 Å². The summed E-state index contributed by atoms with van der Waals surface area (Å²) in [6, 6.07) is 20.4. The Morgan fingerprint density at radius 1 is 0.923 bits per heavy atom. The van der Waals surface area contributed by atoms with Crippen LogP contribution in [0.4, 0.5) is 4.79 Å². The first-order valence-corrected chi connectivity index (χ1v) is 14.9. The lowest BCUT2D eigenvalue weighted by atomic mass is 9.48. The van der Waals surface area contributed by atoms with E-state index in [2.05, 4.69) is 12.1 Å². The van der Waals surface area contributed by atoms with Gasteiger partial charge >= 0.3 is 0 Å². The molecule has 0 radical (unpaired) electrons. The Morgan fingerprint density at radius 2 is 1.64 bits per heavy atom. The molecule has 0 aromatic heterocycles. The first kappa shape index (κ1) is 24.8. The highest BCUT2D eigenvalue weighted by Crippen LogP contribution is 2.61. The van der Waals surface area contributed by atoms with E-state index in [-0.39, 0.29) is 29.7 Å². The molecule has 4 bridgehead atoms. The maximum atomic E-state index is 13.3. The van der Waals surface area contributed by atoms with Gasteiger partial charge in [0.25, 0.3) is 11.1 Å². The Labute approximate surface area is 233 Å². The summed E-state index contributed by atoms with van der Waals surface area (Å²) in [5.41, 5.74) is 2.50. The number of benzene rings is 3. The predicted molar refractivity (Wildman–Crippen MR) is 155 cm³/mol. The van der Waals surface area contributed by atoms with Gasteiger partial charge in [0.05, 0.1) is 18.6 Å². The van der Waals surface area contributed by atoms with Crippen LogP contribution in [-0.2, 0) is 10.2 Å². The van der Waals surface area contributed by atoms with Gasteiger partial charge in [-0.3, -0.25) is 14.5 Å². The summed E-state index contributed by atoms with van der Waals surface area (Å²) in [6.45, 7) is 0.444. The zero-order valence-corrected chi connectivity index (χ0v) is 23.0. The van der Waals surface area contributed by atoms with E-state index in [9.17, 15) is 9.59 Å². The molecule has 5 aliphatic rings. The number of hydrogen-bond donors (Lipinski definition) is 0. The van der Waals surface area contributed by atoms with Crippen molar-refractivity contribution in [3.05, 3.63) is 76.7 Å². The van der Waals surface area contributed by atoms with Crippen molar-refractivity contribution in [3.8, 4) is 11.5 Å². The molecule has 200 valence electrons. The Kier molecular flexibility index (Phi) is 6.19. The standard InChI is InChI=1S/C33H33NO4S/c1-37-28-10-9-26(33-18-21-13-22(19-33)15-23(14-21)20-33)16-25(28)17-30-31(35)34(32(36)39-30)11-12-38-29-8-4-6-24-5-2-3-7-27(24)29/h2-10,16-17,21-23H,11-15,18-20H2,1H3/b30-17-. The van der Waals surface area contributed by atoms with Crippen molar-refractivity contribution in [1.82, 2.24) is 4.90 Å². The minimum Gasteiger partial charge on any atom is -0.496 e. The largest absolute Gasteiger partial charge is 0.496 e. The fourth-order valence-electron chi connectivity index (χ4n) is 8.04. The molecule has 1 heterocycles. The van der Waals surface area contributed by atoms with Crippen molar-refractivity contribution in [2.45, 2.75) is 43.9 Å². The number of nitrogens with zero attached hydrogens (tertiary/aromatic N) is 1. The van der Waals surface area contributed by atoms with E-state index in [4.69, 9.17) is 9.47 Å². The van der Waals surface area contributed by atoms with Gasteiger partial charge in [0, 0.05) is 10.9 Å². The summed E-state index contributed by atoms with van der Waals surface area (Å²) < 4.78 is 11.7. The van der Waals surface area contributed by atoms with Crippen LogP contribution in [0.1, 0.15) is 49.7 Å². The molecule has 0 atom stereocenters. The Hall–Kier alpha value is -3.25. The molecular weight excluding hydrogens is 506 g/mol. The van der Waals surface area contributed by atoms with E-state index >= 15 is 0 Å². The molecule has 5 fully saturated rings. The molecule has 1 saturated heterocycles. The predicted octanol–water partition coefficient (Wildman–Crippen LogP) is 7.43. The highest BCUT2D eigenvalue weighted by molar-refractivity contribution is 8.18. The molecular formula is C33H33NO4S. The quantitative estimate of drug-likeness (QED) is 0.292. The zero-order chi connectivity index (χ0) is 26.6. The number of fused-ring (bicyclic) bond motifs is 1. The lowest BCUT2D eigenvalue weighted by Crippen LogP contribution is -2.48. The van der Waals surface area contributed by atoms with Crippen LogP contribution < -0.4 is 9.47 Å². The van der Waals surface area contributed by atoms with Gasteiger partial charge < -0.3 is 9.47 Å². The second-order valence-corrected chi connectivity index (χ2v) is 12.8. The number of amides is 2. The fourth-order valence-corrected chi connectivity index (χ4v) is 8.90. The summed E-state index contributed by atoms with van der Waals surface area (Å²) in [5.74, 6) is 3.78. The molecule has 4 aliphatic carbocycles. The highest BCUT2D eigenvalue weighted by atomic mass is 32.2. The van der Waals surface area contributed by atoms with Crippen molar-refractivity contribution in [2.75, 3.05) is 20.3 Å². The van der Waals surface area contributed by atoms with Crippen LogP contribution >= 0.6 is 11.8 Å². The Bertz CT molecular complexity index is 1450. The molecule has 3 aromatic carbocycles. The maximum absolute atomic E-state index is 13.3. The van der Waals surface area contributed by atoms with Crippen LogP contribution in [-0.4, -0.2) is 36.3 Å². The molecule has 3 aromatic rings. The summed E-state index contributed by atoms with van der Waals surface area (Å²) >= 11 is 0.997. The zero-order valence-electron chi connectivity index (χ0n) is 22.2. The van der Waals surface area contributed by atoms with Gasteiger partial charge in [0.2, 0.25) is 0 Å². The van der Waals surface area contributed by atoms with Gasteiger partial charge in [-0.15, -0.1) is 0 Å². The van der Waals surface area contributed by atoms with Crippen molar-refractivity contribution in [1.29, 1.82) is 0 Å². The minimum absolute atomic E-state index is 0.204. The number of imide groups is 1. The van der Waals surface area contributed by atoms with Gasteiger partial charge in [-0.25, -0.2) is 0 Å². The Morgan fingerprint density at radius 3 is 2.38 bits per heavy atom. The third-order valence-corrected chi connectivity index (χ3v) is 10.3. The van der Waals surface area contributed by atoms with E-state index in [0.717, 1.165) is 57.4 Å². The molecule has 0 N–H and O–H groups in total. The van der Waals surface area contributed by atoms with Crippen LogP contribution in [0.25, 0.3) is 16.8 Å². The van der Waals surface area contributed by atoms with E-state index in [0.29, 0.717) is 4.91 Å². The average molecular weight is 540 g/mol. The smallest absolute Gasteiger partial charge is 0.293 e. The lowest BCUT2D eigenvalue weighted by molar-refractivity contribution is -0.123. The van der Waals surface area contributed by atoms with Gasteiger partial charge in [-0.05, 0) is 109 Å². The van der Waals surface area contributed by atoms with Gasteiger partial charge in [-0.2, -0.15) is 0 Å². The first-order valence-electron chi connectivity index (χ1n) is 14.1. The van der Waals surface area contributed by atoms with E-state index in [1.807, 2.05) is 54.6 Å². The first-order chi connectivity index (χ1) is 19.0. The minimum atomic E-state index is -0.270. The second-order valence-electron chi connectivity index (χ2n) is 11.8. The molecule has 2 amide bonds. The van der Waals surface area contributed by atoms with Crippen LogP contribution in [0.3, 0.4) is 0 Å². The van der Waals surface area contributed by atoms with Gasteiger partial charge in [-0.1, -0.05) is 42.5 Å². The van der Waals surface area contributed by atoms with Crippen molar-refractivity contribution in [3.63, 3.8) is 0 Å². The lowest BCUT2D eigenvalue weighted by Gasteiger charge is -2.57. The van der Waals surface area contributed by atoms with E-state index < -0.39 is 0 Å². The number of rotatable bonds is 7. The van der Waals surface area contributed by atoms with Gasteiger partial charge in [0.1, 0.15) is 18.1 Å². The van der Waals surface area contributed by atoms with E-state index in [1.54, 1.807) is 7.11 Å². The highest BCUT2D eigenvalue weighted by Gasteiger charge is 2.51. The molecule has 5 nitrogen and oxygen atoms in total. The summed E-state index contributed by atoms with van der Waals surface area (Å²) in [6.07, 6.45) is 9.88. The number of thioether (sulfide) groups is 1. The SMILES string of the molecule is COc1ccc(C23CC4CC(CC(C4)C2)C3)cc1/C=C1\SC(=O)N(CCOc2cccc3ccccc23)C1=O. The van der Waals surface area contributed by atoms with Crippen molar-refractivity contribution in [2.24, 2.45) is 17.8 Å². The monoisotopic (exact) mass is 539 g/mol. The average Bonchev–Trinajstić information content (AvgIpc) is 3.19. The van der Waals surface area contributed by atoms with Crippen molar-refractivity contribution < 1.29 is 19.1 Å². The summed E-state index contributed by atoms with van der Waals surface area (Å²) in [5, 5.41) is 1.85. The fraction of sp³-hybridized carbons (Fsp3) is 0.394. The molecule has 1 aliphatic heterocycles. The molecule has 8 rings (SSSR count). The number of methoxy groups -OCH3 is 1. The number of hydrogen-bond acceptors (Lipinski definition) is 5. The van der Waals surface area contributed by atoms with Crippen LogP contribution in [0.5, 0.6) is 11.5 Å². The normalized spacial score (nSPS) is 28.6. The van der Waals surface area contributed by atoms with Crippen LogP contribution in [0.15, 0.2) is 65.6 Å². The second kappa shape index (κ2) is 9.74. The molecule has 0 spiro atoms. The Balaban J connectivity index is 1.09. The third-order valence-electron chi connectivity index (χ3n) is 9.36. The number of ether oxygens (including phenoxy) is 2.